The molecule has 1 rings (SSSR count). The van der Waals surface area contributed by atoms with E-state index in [-0.39, 0.29) is 0 Å². The molecule has 0 atom stereocenters. The van der Waals surface area contributed by atoms with Crippen LogP contribution in [0.2, 0.25) is 0 Å². The summed E-state index contributed by atoms with van der Waals surface area (Å²) in [6.07, 6.45) is 1.82. The second-order valence-electron chi connectivity index (χ2n) is 4.87. The van der Waals surface area contributed by atoms with Gasteiger partial charge in [0.2, 0.25) is 5.88 Å². The van der Waals surface area contributed by atoms with Crippen LogP contribution >= 0.6 is 0 Å². The third kappa shape index (κ3) is 6.38. The van der Waals surface area contributed by atoms with E-state index in [0.29, 0.717) is 25.0 Å². The highest BCUT2D eigenvalue weighted by Crippen LogP contribution is 2.15. The van der Waals surface area contributed by atoms with Crippen LogP contribution in [0.15, 0.2) is 6.07 Å². The molecule has 0 aliphatic carbocycles. The van der Waals surface area contributed by atoms with Gasteiger partial charge in [0.25, 0.3) is 0 Å². The molecule has 0 radical (unpaired) electrons. The lowest BCUT2D eigenvalue weighted by Crippen LogP contribution is -2.12. The lowest BCUT2D eigenvalue weighted by molar-refractivity contribution is 0.210. The zero-order valence-corrected chi connectivity index (χ0v) is 12.4. The number of methoxy groups -OCH3 is 1. The highest BCUT2D eigenvalue weighted by Gasteiger charge is 2.07. The normalized spacial score (nSPS) is 10.8. The number of nitrogens with one attached hydrogen (secondary N) is 1. The molecule has 108 valence electrons. The molecular formula is C14H25N3O2. The zero-order valence-electron chi connectivity index (χ0n) is 12.4. The Morgan fingerprint density at radius 3 is 2.68 bits per heavy atom. The molecule has 5 nitrogen and oxygen atoms in total. The van der Waals surface area contributed by atoms with E-state index in [4.69, 9.17) is 9.47 Å². The van der Waals surface area contributed by atoms with Gasteiger partial charge < -0.3 is 14.8 Å². The largest absolute Gasteiger partial charge is 0.478 e. The standard InChI is InChI=1S/C14H25N3O2/c1-5-7-19-14-10-12(15-6-8-18-4)16-13(17-14)9-11(2)3/h10-11H,5-9H2,1-4H3,(H,15,16,17). The molecule has 19 heavy (non-hydrogen) atoms. The maximum Gasteiger partial charge on any atom is 0.218 e. The minimum atomic E-state index is 0.522. The Balaban J connectivity index is 2.75. The zero-order chi connectivity index (χ0) is 14.1. The first kappa shape index (κ1) is 15.7. The summed E-state index contributed by atoms with van der Waals surface area (Å²) in [4.78, 5) is 8.93. The molecule has 0 amide bonds. The predicted molar refractivity (Wildman–Crippen MR) is 76.7 cm³/mol. The van der Waals surface area contributed by atoms with Gasteiger partial charge in [-0.3, -0.25) is 0 Å². The topological polar surface area (TPSA) is 56.3 Å². The van der Waals surface area contributed by atoms with Crippen LogP contribution in [0.3, 0.4) is 0 Å². The molecule has 0 fully saturated rings. The minimum Gasteiger partial charge on any atom is -0.478 e. The van der Waals surface area contributed by atoms with Crippen molar-refractivity contribution in [2.75, 3.05) is 32.2 Å². The number of anilines is 1. The fourth-order valence-electron chi connectivity index (χ4n) is 1.58. The first-order chi connectivity index (χ1) is 9.15. The van der Waals surface area contributed by atoms with Gasteiger partial charge in [0, 0.05) is 26.1 Å². The van der Waals surface area contributed by atoms with Crippen molar-refractivity contribution >= 4 is 5.82 Å². The van der Waals surface area contributed by atoms with Crippen LogP contribution in [0, 0.1) is 5.92 Å². The Morgan fingerprint density at radius 1 is 1.26 bits per heavy atom. The third-order valence-electron chi connectivity index (χ3n) is 2.41. The second kappa shape index (κ2) is 8.69. The van der Waals surface area contributed by atoms with E-state index >= 15 is 0 Å². The van der Waals surface area contributed by atoms with Crippen molar-refractivity contribution in [1.29, 1.82) is 0 Å². The van der Waals surface area contributed by atoms with Gasteiger partial charge in [-0.1, -0.05) is 20.8 Å². The number of rotatable bonds is 9. The number of ether oxygens (including phenoxy) is 2. The maximum atomic E-state index is 5.60. The summed E-state index contributed by atoms with van der Waals surface area (Å²) in [5, 5.41) is 3.22. The van der Waals surface area contributed by atoms with Crippen molar-refractivity contribution < 1.29 is 9.47 Å². The Bertz CT molecular complexity index is 370. The molecule has 0 saturated heterocycles. The Hall–Kier alpha value is -1.36. The highest BCUT2D eigenvalue weighted by molar-refractivity contribution is 5.38. The lowest BCUT2D eigenvalue weighted by Gasteiger charge is -2.11. The first-order valence-corrected chi connectivity index (χ1v) is 6.89. The van der Waals surface area contributed by atoms with E-state index in [0.717, 1.165) is 31.0 Å². The van der Waals surface area contributed by atoms with E-state index in [2.05, 4.69) is 36.1 Å². The van der Waals surface area contributed by atoms with E-state index < -0.39 is 0 Å². The second-order valence-corrected chi connectivity index (χ2v) is 4.87. The molecule has 0 spiro atoms. The van der Waals surface area contributed by atoms with Crippen molar-refractivity contribution in [3.8, 4) is 5.88 Å². The van der Waals surface area contributed by atoms with Crippen LogP contribution in [0.4, 0.5) is 5.82 Å². The molecule has 0 aromatic carbocycles. The van der Waals surface area contributed by atoms with Crippen molar-refractivity contribution in [2.45, 2.75) is 33.6 Å². The van der Waals surface area contributed by atoms with Gasteiger partial charge in [0.1, 0.15) is 11.6 Å². The van der Waals surface area contributed by atoms with Gasteiger partial charge in [-0.15, -0.1) is 0 Å². The van der Waals surface area contributed by atoms with Gasteiger partial charge in [-0.05, 0) is 12.3 Å². The van der Waals surface area contributed by atoms with Crippen LogP contribution in [-0.4, -0.2) is 36.8 Å². The fourth-order valence-corrected chi connectivity index (χ4v) is 1.58. The molecule has 0 saturated carbocycles. The molecule has 1 aromatic rings. The fraction of sp³-hybridized carbons (Fsp3) is 0.714. The molecule has 0 bridgehead atoms. The van der Waals surface area contributed by atoms with Gasteiger partial charge >= 0.3 is 0 Å². The average Bonchev–Trinajstić information content (AvgIpc) is 2.36. The first-order valence-electron chi connectivity index (χ1n) is 6.89. The summed E-state index contributed by atoms with van der Waals surface area (Å²) in [5.74, 6) is 2.79. The number of hydrogen-bond acceptors (Lipinski definition) is 5. The van der Waals surface area contributed by atoms with Crippen molar-refractivity contribution in [1.82, 2.24) is 9.97 Å². The van der Waals surface area contributed by atoms with Crippen LogP contribution in [0.5, 0.6) is 5.88 Å². The van der Waals surface area contributed by atoms with Gasteiger partial charge in [0.15, 0.2) is 0 Å². The van der Waals surface area contributed by atoms with Crippen LogP contribution in [-0.2, 0) is 11.2 Å². The van der Waals surface area contributed by atoms with Crippen LogP contribution < -0.4 is 10.1 Å². The number of aromatic nitrogens is 2. The minimum absolute atomic E-state index is 0.522. The molecule has 0 aliphatic heterocycles. The van der Waals surface area contributed by atoms with Crippen molar-refractivity contribution in [3.05, 3.63) is 11.9 Å². The summed E-state index contributed by atoms with van der Waals surface area (Å²) in [7, 11) is 1.68. The molecule has 0 unspecified atom stereocenters. The Kier molecular flexibility index (Phi) is 7.18. The molecule has 1 N–H and O–H groups in total. The monoisotopic (exact) mass is 267 g/mol. The van der Waals surface area contributed by atoms with Gasteiger partial charge in [-0.25, -0.2) is 4.98 Å². The van der Waals surface area contributed by atoms with Crippen molar-refractivity contribution in [2.24, 2.45) is 5.92 Å². The molecule has 5 heteroatoms. The highest BCUT2D eigenvalue weighted by atomic mass is 16.5. The van der Waals surface area contributed by atoms with E-state index in [1.807, 2.05) is 6.07 Å². The predicted octanol–water partition coefficient (Wildman–Crippen LogP) is 2.52. The summed E-state index contributed by atoms with van der Waals surface area (Å²) < 4.78 is 10.6. The van der Waals surface area contributed by atoms with Crippen molar-refractivity contribution in [3.63, 3.8) is 0 Å². The molecule has 1 heterocycles. The Morgan fingerprint density at radius 2 is 2.05 bits per heavy atom. The smallest absolute Gasteiger partial charge is 0.218 e. The maximum absolute atomic E-state index is 5.60. The lowest BCUT2D eigenvalue weighted by atomic mass is 10.1. The summed E-state index contributed by atoms with van der Waals surface area (Å²) >= 11 is 0. The third-order valence-corrected chi connectivity index (χ3v) is 2.41. The van der Waals surface area contributed by atoms with E-state index in [1.54, 1.807) is 7.11 Å². The molecule has 0 aliphatic rings. The quantitative estimate of drug-likeness (QED) is 0.697. The molecular weight excluding hydrogens is 242 g/mol. The summed E-state index contributed by atoms with van der Waals surface area (Å²) in [6, 6.07) is 1.84. The number of nitrogens with zero attached hydrogens (tertiary/aromatic N) is 2. The van der Waals surface area contributed by atoms with Crippen LogP contribution in [0.1, 0.15) is 33.0 Å². The summed E-state index contributed by atoms with van der Waals surface area (Å²) in [6.45, 7) is 8.43. The SMILES string of the molecule is CCCOc1cc(NCCOC)nc(CC(C)C)n1. The van der Waals surface area contributed by atoms with E-state index in [1.165, 1.54) is 0 Å². The summed E-state index contributed by atoms with van der Waals surface area (Å²) in [5.41, 5.74) is 0. The van der Waals surface area contributed by atoms with Gasteiger partial charge in [0.05, 0.1) is 13.2 Å². The number of hydrogen-bond donors (Lipinski definition) is 1. The van der Waals surface area contributed by atoms with Gasteiger partial charge in [-0.2, -0.15) is 4.98 Å². The Labute approximate surface area is 115 Å². The molecule has 1 aromatic heterocycles. The van der Waals surface area contributed by atoms with E-state index in [9.17, 15) is 0 Å². The van der Waals surface area contributed by atoms with Crippen LogP contribution in [0.25, 0.3) is 0 Å². The average molecular weight is 267 g/mol.